The fraction of sp³-hybridized carbons (Fsp3) is 0.263. The Bertz CT molecular complexity index is 710. The maximum atomic E-state index is 12.3. The number of amides is 1. The average molecular weight is 327 g/mol. The lowest BCUT2D eigenvalue weighted by atomic mass is 10.1. The summed E-state index contributed by atoms with van der Waals surface area (Å²) in [6, 6.07) is 14.0. The minimum atomic E-state index is -0.969. The number of hydrogen-bond donors (Lipinski definition) is 2. The van der Waals surface area contributed by atoms with Gasteiger partial charge < -0.3 is 15.2 Å². The van der Waals surface area contributed by atoms with E-state index >= 15 is 0 Å². The highest BCUT2D eigenvalue weighted by atomic mass is 16.5. The summed E-state index contributed by atoms with van der Waals surface area (Å²) in [6.07, 6.45) is -0.0117. The minimum Gasteiger partial charge on any atom is -0.480 e. The van der Waals surface area contributed by atoms with Gasteiger partial charge in [-0.15, -0.1) is 0 Å². The van der Waals surface area contributed by atoms with Crippen LogP contribution in [0, 0.1) is 6.92 Å². The molecule has 1 amide bonds. The summed E-state index contributed by atoms with van der Waals surface area (Å²) < 4.78 is 5.81. The largest absolute Gasteiger partial charge is 0.480 e. The first-order valence-corrected chi connectivity index (χ1v) is 7.83. The number of hydrogen-bond acceptors (Lipinski definition) is 3. The van der Waals surface area contributed by atoms with Gasteiger partial charge in [-0.3, -0.25) is 4.79 Å². The number of carboxylic acids is 1. The standard InChI is InChI=1S/C19H21NO4/c1-3-16(24-17-7-5-4-6-13(17)2)18(21)20-12-14-8-10-15(11-9-14)19(22)23/h4-11,16H,3,12H2,1-2H3,(H,20,21)(H,22,23). The maximum absolute atomic E-state index is 12.3. The first-order valence-electron chi connectivity index (χ1n) is 7.83. The summed E-state index contributed by atoms with van der Waals surface area (Å²) in [7, 11) is 0. The van der Waals surface area contributed by atoms with E-state index in [-0.39, 0.29) is 11.5 Å². The van der Waals surface area contributed by atoms with Gasteiger partial charge in [-0.2, -0.15) is 0 Å². The second-order valence-electron chi connectivity index (χ2n) is 5.50. The molecule has 0 aliphatic rings. The summed E-state index contributed by atoms with van der Waals surface area (Å²) in [4.78, 5) is 23.1. The molecule has 0 heterocycles. The average Bonchev–Trinajstić information content (AvgIpc) is 2.59. The third kappa shape index (κ3) is 4.59. The summed E-state index contributed by atoms with van der Waals surface area (Å²) >= 11 is 0. The van der Waals surface area contributed by atoms with Gasteiger partial charge >= 0.3 is 5.97 Å². The van der Waals surface area contributed by atoms with E-state index in [4.69, 9.17) is 9.84 Å². The molecule has 0 radical (unpaired) electrons. The zero-order chi connectivity index (χ0) is 17.5. The fourth-order valence-corrected chi connectivity index (χ4v) is 2.23. The lowest BCUT2D eigenvalue weighted by Gasteiger charge is -2.18. The minimum absolute atomic E-state index is 0.192. The molecule has 0 saturated carbocycles. The van der Waals surface area contributed by atoms with Crippen LogP contribution in [0.1, 0.15) is 34.8 Å². The predicted octanol–water partition coefficient (Wildman–Crippen LogP) is 3.17. The molecule has 1 unspecified atom stereocenters. The van der Waals surface area contributed by atoms with Crippen molar-refractivity contribution in [3.8, 4) is 5.75 Å². The van der Waals surface area contributed by atoms with Crippen LogP contribution >= 0.6 is 0 Å². The van der Waals surface area contributed by atoms with Crippen molar-refractivity contribution < 1.29 is 19.4 Å². The lowest BCUT2D eigenvalue weighted by Crippen LogP contribution is -2.37. The van der Waals surface area contributed by atoms with Crippen molar-refractivity contribution in [2.75, 3.05) is 0 Å². The van der Waals surface area contributed by atoms with Gasteiger partial charge in [0.15, 0.2) is 6.10 Å². The number of carboxylic acid groups (broad SMARTS) is 1. The number of aryl methyl sites for hydroxylation is 1. The smallest absolute Gasteiger partial charge is 0.335 e. The number of carbonyl (C=O) groups excluding carboxylic acids is 1. The van der Waals surface area contributed by atoms with Crippen LogP contribution in [0.15, 0.2) is 48.5 Å². The lowest BCUT2D eigenvalue weighted by molar-refractivity contribution is -0.128. The van der Waals surface area contributed by atoms with Gasteiger partial charge in [0, 0.05) is 6.54 Å². The normalized spacial score (nSPS) is 11.6. The van der Waals surface area contributed by atoms with E-state index < -0.39 is 12.1 Å². The highest BCUT2D eigenvalue weighted by molar-refractivity contribution is 5.87. The summed E-state index contributed by atoms with van der Waals surface area (Å²) in [6.45, 7) is 4.15. The van der Waals surface area contributed by atoms with Crippen LogP contribution in [0.2, 0.25) is 0 Å². The Balaban J connectivity index is 1.94. The molecular formula is C19H21NO4. The van der Waals surface area contributed by atoms with Gasteiger partial charge in [0.2, 0.25) is 0 Å². The zero-order valence-electron chi connectivity index (χ0n) is 13.8. The van der Waals surface area contributed by atoms with Gasteiger partial charge in [-0.25, -0.2) is 4.79 Å². The molecule has 126 valence electrons. The Hall–Kier alpha value is -2.82. The summed E-state index contributed by atoms with van der Waals surface area (Å²) in [5, 5.41) is 11.7. The first-order chi connectivity index (χ1) is 11.5. The second kappa shape index (κ2) is 8.15. The van der Waals surface area contributed by atoms with Crippen molar-refractivity contribution >= 4 is 11.9 Å². The summed E-state index contributed by atoms with van der Waals surface area (Å²) in [5.41, 5.74) is 2.03. The zero-order valence-corrected chi connectivity index (χ0v) is 13.8. The van der Waals surface area contributed by atoms with Crippen molar-refractivity contribution in [3.63, 3.8) is 0 Å². The van der Waals surface area contributed by atoms with Crippen molar-refractivity contribution in [3.05, 3.63) is 65.2 Å². The van der Waals surface area contributed by atoms with Crippen LogP contribution in [0.4, 0.5) is 0 Å². The van der Waals surface area contributed by atoms with Gasteiger partial charge in [0.1, 0.15) is 5.75 Å². The molecule has 0 aliphatic carbocycles. The number of aromatic carboxylic acids is 1. The van der Waals surface area contributed by atoms with Crippen LogP contribution < -0.4 is 10.1 Å². The Labute approximate surface area is 141 Å². The molecule has 5 nitrogen and oxygen atoms in total. The van der Waals surface area contributed by atoms with Gasteiger partial charge in [-0.1, -0.05) is 37.3 Å². The van der Waals surface area contributed by atoms with Crippen LogP contribution in [0.3, 0.4) is 0 Å². The molecule has 0 bridgehead atoms. The van der Waals surface area contributed by atoms with Crippen LogP contribution in [0.5, 0.6) is 5.75 Å². The summed E-state index contributed by atoms with van der Waals surface area (Å²) in [5.74, 6) is -0.461. The van der Waals surface area contributed by atoms with E-state index in [0.29, 0.717) is 18.7 Å². The van der Waals surface area contributed by atoms with Gasteiger partial charge in [-0.05, 0) is 42.7 Å². The maximum Gasteiger partial charge on any atom is 0.335 e. The van der Waals surface area contributed by atoms with E-state index in [2.05, 4.69) is 5.32 Å². The quantitative estimate of drug-likeness (QED) is 0.819. The molecule has 0 aliphatic heterocycles. The number of ether oxygens (including phenoxy) is 1. The molecule has 0 saturated heterocycles. The third-order valence-electron chi connectivity index (χ3n) is 3.69. The van der Waals surface area contributed by atoms with Crippen LogP contribution in [-0.4, -0.2) is 23.1 Å². The van der Waals surface area contributed by atoms with Crippen LogP contribution in [-0.2, 0) is 11.3 Å². The first kappa shape index (κ1) is 17.5. The Kier molecular flexibility index (Phi) is 5.95. The number of carbonyl (C=O) groups is 2. The Morgan fingerprint density at radius 2 is 1.79 bits per heavy atom. The molecule has 24 heavy (non-hydrogen) atoms. The monoisotopic (exact) mass is 327 g/mol. The molecule has 2 N–H and O–H groups in total. The number of nitrogens with one attached hydrogen (secondary N) is 1. The highest BCUT2D eigenvalue weighted by Gasteiger charge is 2.18. The third-order valence-corrected chi connectivity index (χ3v) is 3.69. The Morgan fingerprint density at radius 1 is 1.12 bits per heavy atom. The van der Waals surface area contributed by atoms with E-state index in [1.807, 2.05) is 38.1 Å². The van der Waals surface area contributed by atoms with E-state index in [0.717, 1.165) is 11.1 Å². The number of rotatable bonds is 7. The van der Waals surface area contributed by atoms with Crippen molar-refractivity contribution in [2.24, 2.45) is 0 Å². The van der Waals surface area contributed by atoms with Gasteiger partial charge in [0.25, 0.3) is 5.91 Å². The molecule has 2 aromatic rings. The molecule has 0 fully saturated rings. The van der Waals surface area contributed by atoms with Crippen molar-refractivity contribution in [2.45, 2.75) is 32.9 Å². The molecule has 0 aromatic heterocycles. The van der Waals surface area contributed by atoms with Crippen molar-refractivity contribution in [1.29, 1.82) is 0 Å². The second-order valence-corrected chi connectivity index (χ2v) is 5.50. The molecular weight excluding hydrogens is 306 g/mol. The topological polar surface area (TPSA) is 75.6 Å². The molecule has 2 aromatic carbocycles. The molecule has 0 spiro atoms. The van der Waals surface area contributed by atoms with Gasteiger partial charge in [0.05, 0.1) is 5.56 Å². The number of benzene rings is 2. The van der Waals surface area contributed by atoms with E-state index in [1.54, 1.807) is 12.1 Å². The SMILES string of the molecule is CCC(Oc1ccccc1C)C(=O)NCc1ccc(C(=O)O)cc1. The predicted molar refractivity (Wildman–Crippen MR) is 91.1 cm³/mol. The molecule has 1 atom stereocenters. The van der Waals surface area contributed by atoms with E-state index in [1.165, 1.54) is 12.1 Å². The fourth-order valence-electron chi connectivity index (χ4n) is 2.23. The van der Waals surface area contributed by atoms with E-state index in [9.17, 15) is 9.59 Å². The molecule has 5 heteroatoms. The number of para-hydroxylation sites is 1. The highest BCUT2D eigenvalue weighted by Crippen LogP contribution is 2.19. The molecule has 2 rings (SSSR count). The Morgan fingerprint density at radius 3 is 2.38 bits per heavy atom. The van der Waals surface area contributed by atoms with Crippen molar-refractivity contribution in [1.82, 2.24) is 5.32 Å². The van der Waals surface area contributed by atoms with Crippen LogP contribution in [0.25, 0.3) is 0 Å².